The van der Waals surface area contributed by atoms with E-state index in [1.165, 1.54) is 19.4 Å². The number of nitrogens with one attached hydrogen (secondary N) is 1. The van der Waals surface area contributed by atoms with Crippen LogP contribution < -0.4 is 10.5 Å². The number of hydrogen-bond donors (Lipinski definition) is 2. The number of hydrogen-bond acceptors (Lipinski definition) is 5. The van der Waals surface area contributed by atoms with E-state index in [4.69, 9.17) is 33.7 Å². The Balaban J connectivity index is 1.62. The molecule has 1 fully saturated rings. The van der Waals surface area contributed by atoms with Crippen LogP contribution in [0, 0.1) is 11.7 Å². The third-order valence-electron chi connectivity index (χ3n) is 5.99. The number of nitrogens with zero attached hydrogens (tertiary/aromatic N) is 3. The standard InChI is InChI=1S/C23H22Cl2FN5O3/c1-34-20-9-15(17(25)11-28-20)18-10-19(30-29-18)23(33)31-6-5-13(22(27)32)8-14(31)7-12-3-2-4-16(24)21(12)26/h2-4,9-11,13-14H,5-8H2,1H3,(H2,27,32)(H,29,30). The molecule has 2 atom stereocenters. The second-order valence-electron chi connectivity index (χ2n) is 8.07. The molecule has 2 amide bonds. The van der Waals surface area contributed by atoms with Crippen LogP contribution in [0.25, 0.3) is 11.3 Å². The summed E-state index contributed by atoms with van der Waals surface area (Å²) in [6.45, 7) is 0.289. The van der Waals surface area contributed by atoms with Crippen LogP contribution in [0.5, 0.6) is 5.88 Å². The van der Waals surface area contributed by atoms with Crippen LogP contribution >= 0.6 is 23.2 Å². The van der Waals surface area contributed by atoms with E-state index in [0.717, 1.165) is 0 Å². The van der Waals surface area contributed by atoms with E-state index in [-0.39, 0.29) is 29.6 Å². The first kappa shape index (κ1) is 24.0. The molecule has 34 heavy (non-hydrogen) atoms. The second-order valence-corrected chi connectivity index (χ2v) is 8.88. The highest BCUT2D eigenvalue weighted by Crippen LogP contribution is 2.31. The molecule has 2 aromatic heterocycles. The summed E-state index contributed by atoms with van der Waals surface area (Å²) >= 11 is 12.2. The Morgan fingerprint density at radius 2 is 2.09 bits per heavy atom. The van der Waals surface area contributed by atoms with Crippen LogP contribution in [-0.2, 0) is 11.2 Å². The monoisotopic (exact) mass is 505 g/mol. The van der Waals surface area contributed by atoms with Gasteiger partial charge in [0.25, 0.3) is 5.91 Å². The predicted octanol–water partition coefficient (Wildman–Crippen LogP) is 3.88. The molecule has 0 spiro atoms. The van der Waals surface area contributed by atoms with Crippen LogP contribution in [-0.4, -0.2) is 51.6 Å². The fraction of sp³-hybridized carbons (Fsp3) is 0.304. The number of ether oxygens (including phenoxy) is 1. The Morgan fingerprint density at radius 1 is 1.29 bits per heavy atom. The molecule has 1 aliphatic heterocycles. The van der Waals surface area contributed by atoms with Crippen LogP contribution in [0.15, 0.2) is 36.5 Å². The molecule has 178 valence electrons. The number of aromatic amines is 1. The summed E-state index contributed by atoms with van der Waals surface area (Å²) in [6, 6.07) is 7.47. The normalized spacial score (nSPS) is 18.1. The highest BCUT2D eigenvalue weighted by Gasteiger charge is 2.35. The zero-order valence-corrected chi connectivity index (χ0v) is 19.7. The van der Waals surface area contributed by atoms with Crippen LogP contribution in [0.4, 0.5) is 4.39 Å². The van der Waals surface area contributed by atoms with Crippen molar-refractivity contribution in [3.8, 4) is 17.1 Å². The van der Waals surface area contributed by atoms with E-state index in [1.807, 2.05) is 0 Å². The van der Waals surface area contributed by atoms with Gasteiger partial charge in [0, 0.05) is 30.1 Å². The number of nitrogens with two attached hydrogens (primary N) is 1. The topological polar surface area (TPSA) is 114 Å². The van der Waals surface area contributed by atoms with Crippen LogP contribution in [0.1, 0.15) is 28.9 Å². The Hall–Kier alpha value is -3.17. The molecular weight excluding hydrogens is 484 g/mol. The Labute approximate surface area is 205 Å². The Kier molecular flexibility index (Phi) is 7.04. The minimum atomic E-state index is -0.539. The van der Waals surface area contributed by atoms with Crippen molar-refractivity contribution in [2.45, 2.75) is 25.3 Å². The molecule has 11 heteroatoms. The van der Waals surface area contributed by atoms with Gasteiger partial charge in [0.1, 0.15) is 11.5 Å². The summed E-state index contributed by atoms with van der Waals surface area (Å²) in [7, 11) is 1.48. The average molecular weight is 506 g/mol. The van der Waals surface area contributed by atoms with Gasteiger partial charge in [-0.25, -0.2) is 9.37 Å². The van der Waals surface area contributed by atoms with E-state index in [0.29, 0.717) is 40.6 Å². The Morgan fingerprint density at radius 3 is 2.82 bits per heavy atom. The fourth-order valence-electron chi connectivity index (χ4n) is 4.18. The lowest BCUT2D eigenvalue weighted by Crippen LogP contribution is -2.49. The average Bonchev–Trinajstić information content (AvgIpc) is 3.32. The molecule has 3 heterocycles. The number of pyridine rings is 1. The number of likely N-dealkylation sites (tertiary alicyclic amines) is 1. The van der Waals surface area contributed by atoms with Gasteiger partial charge in [0.2, 0.25) is 11.8 Å². The first-order valence-corrected chi connectivity index (χ1v) is 11.3. The van der Waals surface area contributed by atoms with Gasteiger partial charge in [-0.2, -0.15) is 5.10 Å². The lowest BCUT2D eigenvalue weighted by Gasteiger charge is -2.38. The molecule has 2 unspecified atom stereocenters. The fourth-order valence-corrected chi connectivity index (χ4v) is 4.58. The molecule has 1 aromatic carbocycles. The third-order valence-corrected chi connectivity index (χ3v) is 6.58. The van der Waals surface area contributed by atoms with E-state index >= 15 is 0 Å². The lowest BCUT2D eigenvalue weighted by atomic mass is 9.86. The minimum absolute atomic E-state index is 0.000467. The molecule has 8 nitrogen and oxygen atoms in total. The first-order chi connectivity index (χ1) is 16.3. The number of halogens is 3. The first-order valence-electron chi connectivity index (χ1n) is 10.6. The molecule has 0 aliphatic carbocycles. The summed E-state index contributed by atoms with van der Waals surface area (Å²) < 4.78 is 19.7. The van der Waals surface area contributed by atoms with E-state index in [9.17, 15) is 14.0 Å². The number of piperidine rings is 1. The number of amides is 2. The van der Waals surface area contributed by atoms with Crippen LogP contribution in [0.3, 0.4) is 0 Å². The highest BCUT2D eigenvalue weighted by molar-refractivity contribution is 6.33. The molecule has 1 saturated heterocycles. The smallest absolute Gasteiger partial charge is 0.272 e. The molecule has 0 bridgehead atoms. The number of H-pyrrole nitrogens is 1. The van der Waals surface area contributed by atoms with Gasteiger partial charge in [0.05, 0.1) is 29.0 Å². The number of methoxy groups -OCH3 is 1. The van der Waals surface area contributed by atoms with Crippen molar-refractivity contribution in [2.24, 2.45) is 11.7 Å². The van der Waals surface area contributed by atoms with Gasteiger partial charge in [-0.15, -0.1) is 0 Å². The van der Waals surface area contributed by atoms with E-state index in [1.54, 1.807) is 29.2 Å². The van der Waals surface area contributed by atoms with Gasteiger partial charge in [0.15, 0.2) is 0 Å². The zero-order valence-electron chi connectivity index (χ0n) is 18.2. The van der Waals surface area contributed by atoms with E-state index < -0.39 is 23.7 Å². The van der Waals surface area contributed by atoms with Crippen molar-refractivity contribution < 1.29 is 18.7 Å². The number of benzene rings is 1. The highest BCUT2D eigenvalue weighted by atomic mass is 35.5. The van der Waals surface area contributed by atoms with Crippen molar-refractivity contribution in [1.82, 2.24) is 20.1 Å². The van der Waals surface area contributed by atoms with Gasteiger partial charge in [-0.1, -0.05) is 35.3 Å². The summed E-state index contributed by atoms with van der Waals surface area (Å²) in [4.78, 5) is 30.9. The van der Waals surface area contributed by atoms with Crippen molar-refractivity contribution >= 4 is 35.0 Å². The van der Waals surface area contributed by atoms with E-state index in [2.05, 4.69) is 15.2 Å². The molecule has 4 rings (SSSR count). The maximum absolute atomic E-state index is 14.6. The van der Waals surface area contributed by atoms with Gasteiger partial charge >= 0.3 is 0 Å². The van der Waals surface area contributed by atoms with Crippen LogP contribution in [0.2, 0.25) is 10.0 Å². The third kappa shape index (κ3) is 4.85. The molecule has 3 aromatic rings. The Bertz CT molecular complexity index is 1240. The van der Waals surface area contributed by atoms with Crippen molar-refractivity contribution in [2.75, 3.05) is 13.7 Å². The number of carbonyl (C=O) groups excluding carboxylic acids is 2. The number of rotatable bonds is 6. The molecular formula is C23H22Cl2FN5O3. The van der Waals surface area contributed by atoms with Gasteiger partial charge < -0.3 is 15.4 Å². The number of carbonyl (C=O) groups is 2. The molecule has 1 aliphatic rings. The molecule has 0 saturated carbocycles. The maximum atomic E-state index is 14.6. The summed E-state index contributed by atoms with van der Waals surface area (Å²) in [5.74, 6) is -1.35. The van der Waals surface area contributed by atoms with Crippen molar-refractivity contribution in [3.63, 3.8) is 0 Å². The quantitative estimate of drug-likeness (QED) is 0.527. The number of aromatic nitrogens is 3. The number of primary amides is 1. The largest absolute Gasteiger partial charge is 0.481 e. The summed E-state index contributed by atoms with van der Waals surface area (Å²) in [5.41, 5.74) is 7.12. The molecule has 3 N–H and O–H groups in total. The zero-order chi connectivity index (χ0) is 24.4. The SMILES string of the molecule is COc1cc(-c2cc(C(=O)N3CCC(C(N)=O)CC3Cc3cccc(Cl)c3F)[nH]n2)c(Cl)cn1. The summed E-state index contributed by atoms with van der Waals surface area (Å²) in [6.07, 6.45) is 2.37. The van der Waals surface area contributed by atoms with Crippen molar-refractivity contribution in [3.05, 3.63) is 63.6 Å². The predicted molar refractivity (Wildman–Crippen MR) is 125 cm³/mol. The lowest BCUT2D eigenvalue weighted by molar-refractivity contribution is -0.123. The van der Waals surface area contributed by atoms with Crippen molar-refractivity contribution in [1.29, 1.82) is 0 Å². The second kappa shape index (κ2) is 9.99. The maximum Gasteiger partial charge on any atom is 0.272 e. The van der Waals surface area contributed by atoms with Gasteiger partial charge in [-0.05, 0) is 37.0 Å². The van der Waals surface area contributed by atoms with Gasteiger partial charge in [-0.3, -0.25) is 14.7 Å². The summed E-state index contributed by atoms with van der Waals surface area (Å²) in [5, 5.41) is 7.33. The minimum Gasteiger partial charge on any atom is -0.481 e. The molecule has 0 radical (unpaired) electrons.